The van der Waals surface area contributed by atoms with Crippen molar-refractivity contribution in [1.29, 1.82) is 0 Å². The molecule has 0 atom stereocenters. The Labute approximate surface area is 150 Å². The molecule has 2 aromatic carbocycles. The van der Waals surface area contributed by atoms with Crippen LogP contribution in [0.1, 0.15) is 22.6 Å². The molecule has 26 heavy (non-hydrogen) atoms. The molecule has 0 aliphatic heterocycles. The van der Waals surface area contributed by atoms with Gasteiger partial charge in [-0.15, -0.1) is 0 Å². The molecule has 0 unspecified atom stereocenters. The highest BCUT2D eigenvalue weighted by Gasteiger charge is 2.10. The van der Waals surface area contributed by atoms with Crippen molar-refractivity contribution < 1.29 is 4.39 Å². The molecule has 2 heterocycles. The second-order valence-electron chi connectivity index (χ2n) is 6.37. The molecule has 130 valence electrons. The summed E-state index contributed by atoms with van der Waals surface area (Å²) in [5.74, 6) is 1.83. The Morgan fingerprint density at radius 2 is 1.81 bits per heavy atom. The Kier molecular flexibility index (Phi) is 4.08. The highest BCUT2D eigenvalue weighted by atomic mass is 19.1. The topological polar surface area (TPSA) is 66.5 Å². The largest absolute Gasteiger partial charge is 0.323 e. The molecule has 0 aliphatic rings. The molecule has 6 heteroatoms. The van der Waals surface area contributed by atoms with Gasteiger partial charge in [-0.3, -0.25) is 5.10 Å². The normalized spacial score (nSPS) is 11.0. The average molecular weight is 347 g/mol. The smallest absolute Gasteiger partial charge is 0.153 e. The number of nitrogens with zero attached hydrogens (tertiary/aromatic N) is 3. The number of hydrogen-bond donors (Lipinski definition) is 2. The van der Waals surface area contributed by atoms with E-state index >= 15 is 0 Å². The molecule has 0 amide bonds. The van der Waals surface area contributed by atoms with Crippen molar-refractivity contribution in [2.45, 2.75) is 20.3 Å². The molecule has 0 spiro atoms. The maximum Gasteiger partial charge on any atom is 0.153 e. The molecule has 4 rings (SSSR count). The zero-order valence-corrected chi connectivity index (χ0v) is 14.5. The van der Waals surface area contributed by atoms with Gasteiger partial charge in [0.05, 0.1) is 5.52 Å². The average Bonchev–Trinajstić information content (AvgIpc) is 3.01. The monoisotopic (exact) mass is 347 g/mol. The zero-order valence-electron chi connectivity index (χ0n) is 14.5. The van der Waals surface area contributed by atoms with E-state index in [-0.39, 0.29) is 5.82 Å². The predicted molar refractivity (Wildman–Crippen MR) is 100 cm³/mol. The Hall–Kier alpha value is -3.28. The van der Waals surface area contributed by atoms with E-state index in [2.05, 4.69) is 25.5 Å². The Morgan fingerprint density at radius 1 is 1.00 bits per heavy atom. The van der Waals surface area contributed by atoms with Crippen LogP contribution in [-0.4, -0.2) is 20.2 Å². The fourth-order valence-corrected chi connectivity index (χ4v) is 2.85. The van der Waals surface area contributed by atoms with E-state index in [1.165, 1.54) is 12.1 Å². The molecule has 2 N–H and O–H groups in total. The van der Waals surface area contributed by atoms with E-state index in [0.29, 0.717) is 23.9 Å². The fourth-order valence-electron chi connectivity index (χ4n) is 2.85. The molecule has 0 saturated heterocycles. The third-order valence-corrected chi connectivity index (χ3v) is 4.13. The summed E-state index contributed by atoms with van der Waals surface area (Å²) < 4.78 is 13.1. The van der Waals surface area contributed by atoms with Crippen molar-refractivity contribution >= 4 is 22.5 Å². The maximum absolute atomic E-state index is 13.1. The summed E-state index contributed by atoms with van der Waals surface area (Å²) in [6.07, 6.45) is 0.526. The number of halogens is 1. The lowest BCUT2D eigenvalue weighted by Gasteiger charge is -2.10. The van der Waals surface area contributed by atoms with E-state index in [4.69, 9.17) is 0 Å². The van der Waals surface area contributed by atoms with Crippen LogP contribution in [0.25, 0.3) is 10.9 Å². The molecule has 4 aromatic rings. The van der Waals surface area contributed by atoms with Gasteiger partial charge in [0.2, 0.25) is 0 Å². The first-order chi connectivity index (χ1) is 12.6. The first-order valence-electron chi connectivity index (χ1n) is 8.37. The molecular weight excluding hydrogens is 329 g/mol. The highest BCUT2D eigenvalue weighted by molar-refractivity contribution is 5.91. The second kappa shape index (κ2) is 6.55. The van der Waals surface area contributed by atoms with Crippen LogP contribution < -0.4 is 5.32 Å². The molecule has 0 saturated carbocycles. The van der Waals surface area contributed by atoms with Gasteiger partial charge in [-0.1, -0.05) is 18.2 Å². The van der Waals surface area contributed by atoms with E-state index in [1.807, 2.05) is 38.1 Å². The number of benzene rings is 2. The van der Waals surface area contributed by atoms with Crippen molar-refractivity contribution in [2.24, 2.45) is 0 Å². The van der Waals surface area contributed by atoms with E-state index in [0.717, 1.165) is 27.7 Å². The minimum atomic E-state index is -0.250. The minimum absolute atomic E-state index is 0.250. The van der Waals surface area contributed by atoms with Crippen molar-refractivity contribution in [3.63, 3.8) is 0 Å². The van der Waals surface area contributed by atoms with E-state index in [1.54, 1.807) is 12.1 Å². The number of hydrogen-bond acceptors (Lipinski definition) is 4. The van der Waals surface area contributed by atoms with Gasteiger partial charge in [0.25, 0.3) is 0 Å². The van der Waals surface area contributed by atoms with Gasteiger partial charge in [-0.2, -0.15) is 5.10 Å². The van der Waals surface area contributed by atoms with Crippen molar-refractivity contribution in [2.75, 3.05) is 5.32 Å². The number of aromatic amines is 1. The third-order valence-electron chi connectivity index (χ3n) is 4.13. The van der Waals surface area contributed by atoms with Gasteiger partial charge in [0.15, 0.2) is 5.82 Å². The second-order valence-corrected chi connectivity index (χ2v) is 6.37. The van der Waals surface area contributed by atoms with Crippen molar-refractivity contribution in [3.8, 4) is 0 Å². The molecular formula is C20H18FN5. The number of rotatable bonds is 4. The molecule has 0 bridgehead atoms. The summed E-state index contributed by atoms with van der Waals surface area (Å²) in [7, 11) is 0. The third kappa shape index (κ3) is 3.39. The van der Waals surface area contributed by atoms with Gasteiger partial charge in [-0.25, -0.2) is 14.4 Å². The lowest BCUT2D eigenvalue weighted by atomic mass is 10.1. The van der Waals surface area contributed by atoms with Crippen molar-refractivity contribution in [3.05, 3.63) is 77.0 Å². The SMILES string of the molecule is Cc1ccc2c(Nc3cc(C)[nH]n3)nc(Cc3ccc(F)cc3)nc2c1. The number of aromatic nitrogens is 4. The summed E-state index contributed by atoms with van der Waals surface area (Å²) in [6.45, 7) is 3.98. The molecule has 5 nitrogen and oxygen atoms in total. The van der Waals surface area contributed by atoms with Crippen LogP contribution >= 0.6 is 0 Å². The molecule has 2 aromatic heterocycles. The van der Waals surface area contributed by atoms with Gasteiger partial charge in [0.1, 0.15) is 17.5 Å². The number of fused-ring (bicyclic) bond motifs is 1. The quantitative estimate of drug-likeness (QED) is 0.573. The van der Waals surface area contributed by atoms with E-state index in [9.17, 15) is 4.39 Å². The summed E-state index contributed by atoms with van der Waals surface area (Å²) in [5.41, 5.74) is 3.92. The Morgan fingerprint density at radius 3 is 2.54 bits per heavy atom. The number of H-pyrrole nitrogens is 1. The Balaban J connectivity index is 1.76. The van der Waals surface area contributed by atoms with Crippen LogP contribution in [0.5, 0.6) is 0 Å². The summed E-state index contributed by atoms with van der Waals surface area (Å²) in [6, 6.07) is 14.4. The predicted octanol–water partition coefficient (Wildman–Crippen LogP) is 4.44. The van der Waals surface area contributed by atoms with Gasteiger partial charge < -0.3 is 5.32 Å². The van der Waals surface area contributed by atoms with Crippen molar-refractivity contribution in [1.82, 2.24) is 20.2 Å². The summed E-state index contributed by atoms with van der Waals surface area (Å²) in [4.78, 5) is 9.37. The standard InChI is InChI=1S/C20H18FN5/c1-12-3-8-16-17(9-12)22-18(11-14-4-6-15(21)7-5-14)23-20(16)24-19-10-13(2)25-26-19/h3-10H,11H2,1-2H3,(H2,22,23,24,25,26). The van der Waals surface area contributed by atoms with E-state index < -0.39 is 0 Å². The zero-order chi connectivity index (χ0) is 18.1. The lowest BCUT2D eigenvalue weighted by Crippen LogP contribution is -2.03. The van der Waals surface area contributed by atoms with Gasteiger partial charge >= 0.3 is 0 Å². The van der Waals surface area contributed by atoms with Gasteiger partial charge in [0, 0.05) is 23.6 Å². The Bertz CT molecular complexity index is 1070. The molecule has 0 aliphatic carbocycles. The van der Waals surface area contributed by atoms with Crippen LogP contribution in [0.2, 0.25) is 0 Å². The molecule has 0 fully saturated rings. The van der Waals surface area contributed by atoms with Crippen LogP contribution in [0.15, 0.2) is 48.5 Å². The lowest BCUT2D eigenvalue weighted by molar-refractivity contribution is 0.627. The van der Waals surface area contributed by atoms with Crippen LogP contribution in [0, 0.1) is 19.7 Å². The van der Waals surface area contributed by atoms with Crippen LogP contribution in [0.4, 0.5) is 16.0 Å². The number of anilines is 2. The molecule has 0 radical (unpaired) electrons. The van der Waals surface area contributed by atoms with Crippen LogP contribution in [0.3, 0.4) is 0 Å². The first-order valence-corrected chi connectivity index (χ1v) is 8.37. The summed E-state index contributed by atoms with van der Waals surface area (Å²) in [5, 5.41) is 11.3. The highest BCUT2D eigenvalue weighted by Crippen LogP contribution is 2.25. The summed E-state index contributed by atoms with van der Waals surface area (Å²) >= 11 is 0. The maximum atomic E-state index is 13.1. The minimum Gasteiger partial charge on any atom is -0.323 e. The van der Waals surface area contributed by atoms with Crippen LogP contribution in [-0.2, 0) is 6.42 Å². The first kappa shape index (κ1) is 16.2. The fraction of sp³-hybridized carbons (Fsp3) is 0.150. The number of aryl methyl sites for hydroxylation is 2. The van der Waals surface area contributed by atoms with Gasteiger partial charge in [-0.05, 0) is 49.2 Å². The number of nitrogens with one attached hydrogen (secondary N) is 2.